The molecule has 3 nitrogen and oxygen atoms in total. The number of rotatable bonds is 4. The molecule has 0 aromatic carbocycles. The smallest absolute Gasteiger partial charge is 0.247 e. The molecular weight excluding hydrogens is 214 g/mol. The predicted molar refractivity (Wildman–Crippen MR) is 69.6 cm³/mol. The SMILES string of the molecule is Cc1ccc(C=CC(=O)N(C(C)C)C(C)C)o1. The zero-order valence-electron chi connectivity index (χ0n) is 11.2. The van der Waals surface area contributed by atoms with Crippen LogP contribution in [0.4, 0.5) is 0 Å². The summed E-state index contributed by atoms with van der Waals surface area (Å²) in [6, 6.07) is 4.14. The summed E-state index contributed by atoms with van der Waals surface area (Å²) in [6.07, 6.45) is 3.28. The van der Waals surface area contributed by atoms with Gasteiger partial charge in [-0.15, -0.1) is 0 Å². The van der Waals surface area contributed by atoms with Gasteiger partial charge in [-0.3, -0.25) is 4.79 Å². The van der Waals surface area contributed by atoms with Crippen molar-refractivity contribution in [3.8, 4) is 0 Å². The van der Waals surface area contributed by atoms with E-state index in [1.165, 1.54) is 0 Å². The number of carbonyl (C=O) groups excluding carboxylic acids is 1. The fourth-order valence-corrected chi connectivity index (χ4v) is 1.89. The Balaban J connectivity index is 2.73. The summed E-state index contributed by atoms with van der Waals surface area (Å²) in [5.74, 6) is 1.58. The first kappa shape index (κ1) is 13.6. The maximum Gasteiger partial charge on any atom is 0.247 e. The van der Waals surface area contributed by atoms with Gasteiger partial charge in [-0.2, -0.15) is 0 Å². The zero-order valence-corrected chi connectivity index (χ0v) is 11.2. The highest BCUT2D eigenvalue weighted by molar-refractivity contribution is 5.91. The molecule has 94 valence electrons. The van der Waals surface area contributed by atoms with Crippen molar-refractivity contribution >= 4 is 12.0 Å². The van der Waals surface area contributed by atoms with Crippen molar-refractivity contribution in [2.75, 3.05) is 0 Å². The fraction of sp³-hybridized carbons (Fsp3) is 0.500. The van der Waals surface area contributed by atoms with Crippen LogP contribution in [0.2, 0.25) is 0 Å². The quantitative estimate of drug-likeness (QED) is 0.751. The van der Waals surface area contributed by atoms with Crippen molar-refractivity contribution in [3.05, 3.63) is 29.7 Å². The minimum Gasteiger partial charge on any atom is -0.462 e. The van der Waals surface area contributed by atoms with Crippen LogP contribution in [-0.4, -0.2) is 22.9 Å². The molecule has 0 aliphatic rings. The van der Waals surface area contributed by atoms with Gasteiger partial charge in [-0.25, -0.2) is 0 Å². The number of carbonyl (C=O) groups is 1. The number of amides is 1. The topological polar surface area (TPSA) is 33.5 Å². The van der Waals surface area contributed by atoms with E-state index in [9.17, 15) is 4.79 Å². The third kappa shape index (κ3) is 3.77. The molecule has 0 aliphatic heterocycles. The van der Waals surface area contributed by atoms with Gasteiger partial charge in [0.2, 0.25) is 5.91 Å². The largest absolute Gasteiger partial charge is 0.462 e. The van der Waals surface area contributed by atoms with Gasteiger partial charge >= 0.3 is 0 Å². The van der Waals surface area contributed by atoms with Crippen LogP contribution in [0.5, 0.6) is 0 Å². The van der Waals surface area contributed by atoms with Crippen molar-refractivity contribution in [3.63, 3.8) is 0 Å². The van der Waals surface area contributed by atoms with E-state index in [2.05, 4.69) is 0 Å². The fourth-order valence-electron chi connectivity index (χ4n) is 1.89. The summed E-state index contributed by atoms with van der Waals surface area (Å²) in [7, 11) is 0. The highest BCUT2D eigenvalue weighted by Gasteiger charge is 2.17. The normalized spacial score (nSPS) is 11.7. The third-order valence-corrected chi connectivity index (χ3v) is 2.52. The first-order valence-corrected chi connectivity index (χ1v) is 5.98. The molecule has 0 saturated heterocycles. The summed E-state index contributed by atoms with van der Waals surface area (Å²) < 4.78 is 5.38. The number of aryl methyl sites for hydroxylation is 1. The van der Waals surface area contributed by atoms with Crippen LogP contribution in [0, 0.1) is 6.92 Å². The van der Waals surface area contributed by atoms with E-state index in [0.29, 0.717) is 5.76 Å². The van der Waals surface area contributed by atoms with Gasteiger partial charge in [0.25, 0.3) is 0 Å². The molecule has 1 amide bonds. The summed E-state index contributed by atoms with van der Waals surface area (Å²) in [5, 5.41) is 0. The van der Waals surface area contributed by atoms with Crippen molar-refractivity contribution in [2.45, 2.75) is 46.7 Å². The Morgan fingerprint density at radius 3 is 2.24 bits per heavy atom. The summed E-state index contributed by atoms with van der Waals surface area (Å²) in [4.78, 5) is 13.8. The molecule has 0 bridgehead atoms. The molecule has 0 radical (unpaired) electrons. The maximum atomic E-state index is 12.0. The zero-order chi connectivity index (χ0) is 13.0. The highest BCUT2D eigenvalue weighted by Crippen LogP contribution is 2.10. The van der Waals surface area contributed by atoms with Gasteiger partial charge in [0.05, 0.1) is 0 Å². The highest BCUT2D eigenvalue weighted by atomic mass is 16.3. The van der Waals surface area contributed by atoms with Crippen LogP contribution in [0.25, 0.3) is 6.08 Å². The minimum absolute atomic E-state index is 0.0176. The molecule has 1 aromatic heterocycles. The molecule has 1 rings (SSSR count). The Labute approximate surface area is 103 Å². The van der Waals surface area contributed by atoms with Crippen LogP contribution in [0.15, 0.2) is 22.6 Å². The standard InChI is InChI=1S/C14H21NO2/c1-10(2)15(11(3)4)14(16)9-8-13-7-6-12(5)17-13/h6-11H,1-5H3. The van der Waals surface area contributed by atoms with Crippen molar-refractivity contribution < 1.29 is 9.21 Å². The Hall–Kier alpha value is -1.51. The van der Waals surface area contributed by atoms with E-state index in [4.69, 9.17) is 4.42 Å². The molecule has 0 atom stereocenters. The Bertz CT molecular complexity index is 394. The Morgan fingerprint density at radius 1 is 1.24 bits per heavy atom. The molecule has 0 fully saturated rings. The number of hydrogen-bond donors (Lipinski definition) is 0. The molecule has 1 heterocycles. The van der Waals surface area contributed by atoms with E-state index < -0.39 is 0 Å². The molecule has 17 heavy (non-hydrogen) atoms. The monoisotopic (exact) mass is 235 g/mol. The van der Waals surface area contributed by atoms with Gasteiger partial charge in [0.1, 0.15) is 11.5 Å². The summed E-state index contributed by atoms with van der Waals surface area (Å²) >= 11 is 0. The maximum absolute atomic E-state index is 12.0. The Kier molecular flexibility index (Phi) is 4.55. The van der Waals surface area contributed by atoms with Crippen molar-refractivity contribution in [2.24, 2.45) is 0 Å². The second kappa shape index (κ2) is 5.71. The van der Waals surface area contributed by atoms with Gasteiger partial charge in [0.15, 0.2) is 0 Å². The van der Waals surface area contributed by atoms with Gasteiger partial charge < -0.3 is 9.32 Å². The molecule has 0 aliphatic carbocycles. The van der Waals surface area contributed by atoms with Crippen molar-refractivity contribution in [1.82, 2.24) is 4.90 Å². The van der Waals surface area contributed by atoms with Gasteiger partial charge in [0, 0.05) is 18.2 Å². The van der Waals surface area contributed by atoms with E-state index in [0.717, 1.165) is 5.76 Å². The summed E-state index contributed by atoms with van der Waals surface area (Å²) in [6.45, 7) is 9.95. The van der Waals surface area contributed by atoms with Gasteiger partial charge in [-0.1, -0.05) is 0 Å². The Morgan fingerprint density at radius 2 is 1.82 bits per heavy atom. The van der Waals surface area contributed by atoms with E-state index in [-0.39, 0.29) is 18.0 Å². The minimum atomic E-state index is 0.0176. The van der Waals surface area contributed by atoms with Crippen LogP contribution in [0.3, 0.4) is 0 Å². The molecule has 0 spiro atoms. The second-order valence-electron chi connectivity index (χ2n) is 4.71. The molecule has 0 saturated carbocycles. The summed E-state index contributed by atoms with van der Waals surface area (Å²) in [5.41, 5.74) is 0. The van der Waals surface area contributed by atoms with Crippen LogP contribution in [0.1, 0.15) is 39.2 Å². The number of hydrogen-bond acceptors (Lipinski definition) is 2. The molecule has 0 N–H and O–H groups in total. The lowest BCUT2D eigenvalue weighted by Gasteiger charge is -2.29. The molecule has 3 heteroatoms. The average molecular weight is 235 g/mol. The van der Waals surface area contributed by atoms with Crippen LogP contribution in [-0.2, 0) is 4.79 Å². The predicted octanol–water partition coefficient (Wildman–Crippen LogP) is 3.25. The lowest BCUT2D eigenvalue weighted by atomic mass is 10.2. The third-order valence-electron chi connectivity index (χ3n) is 2.52. The van der Waals surface area contributed by atoms with Gasteiger partial charge in [-0.05, 0) is 52.8 Å². The molecular formula is C14H21NO2. The first-order chi connectivity index (χ1) is 7.91. The van der Waals surface area contributed by atoms with E-state index in [1.54, 1.807) is 12.2 Å². The average Bonchev–Trinajstić information content (AvgIpc) is 2.60. The van der Waals surface area contributed by atoms with Crippen LogP contribution >= 0.6 is 0 Å². The molecule has 1 aromatic rings. The number of furan rings is 1. The lowest BCUT2D eigenvalue weighted by Crippen LogP contribution is -2.41. The van der Waals surface area contributed by atoms with Crippen molar-refractivity contribution in [1.29, 1.82) is 0 Å². The van der Waals surface area contributed by atoms with E-state index >= 15 is 0 Å². The lowest BCUT2D eigenvalue weighted by molar-refractivity contribution is -0.129. The first-order valence-electron chi connectivity index (χ1n) is 5.98. The van der Waals surface area contributed by atoms with Crippen LogP contribution < -0.4 is 0 Å². The second-order valence-corrected chi connectivity index (χ2v) is 4.71. The van der Waals surface area contributed by atoms with E-state index in [1.807, 2.05) is 51.7 Å². The molecule has 0 unspecified atom stereocenters. The number of nitrogens with zero attached hydrogens (tertiary/aromatic N) is 1.